The third-order valence-corrected chi connectivity index (χ3v) is 3.82. The summed E-state index contributed by atoms with van der Waals surface area (Å²) in [7, 11) is 0. The highest BCUT2D eigenvalue weighted by molar-refractivity contribution is 6.21. The number of nitrogens with zero attached hydrogens (tertiary/aromatic N) is 2. The number of benzene rings is 1. The molecule has 1 aromatic carbocycles. The van der Waals surface area contributed by atoms with Crippen LogP contribution in [-0.4, -0.2) is 39.9 Å². The number of rotatable bonds is 4. The lowest BCUT2D eigenvalue weighted by Crippen LogP contribution is -2.54. The standard InChI is InChI=1S/C16H22N2O2/c1-10(2)17(11(3)4)12(5)18-15(19)13-8-6-7-9-14(13)16(18)20/h6-12H,1-5H3. The molecule has 2 amide bonds. The summed E-state index contributed by atoms with van der Waals surface area (Å²) in [5, 5.41) is 0. The zero-order valence-corrected chi connectivity index (χ0v) is 12.8. The van der Waals surface area contributed by atoms with E-state index in [2.05, 4.69) is 32.6 Å². The fourth-order valence-corrected chi connectivity index (χ4v) is 3.14. The fourth-order valence-electron chi connectivity index (χ4n) is 3.14. The van der Waals surface area contributed by atoms with Gasteiger partial charge in [-0.25, -0.2) is 0 Å². The monoisotopic (exact) mass is 274 g/mol. The molecular weight excluding hydrogens is 252 g/mol. The van der Waals surface area contributed by atoms with Crippen LogP contribution >= 0.6 is 0 Å². The molecule has 0 saturated carbocycles. The SMILES string of the molecule is CC(C)N(C(C)C)C(C)N1C(=O)c2ccccc2C1=O. The molecule has 0 N–H and O–H groups in total. The molecule has 0 saturated heterocycles. The van der Waals surface area contributed by atoms with E-state index in [1.807, 2.05) is 6.92 Å². The number of carbonyl (C=O) groups excluding carboxylic acids is 2. The third-order valence-electron chi connectivity index (χ3n) is 3.82. The van der Waals surface area contributed by atoms with Crippen molar-refractivity contribution in [1.29, 1.82) is 0 Å². The van der Waals surface area contributed by atoms with Crippen LogP contribution in [0.25, 0.3) is 0 Å². The van der Waals surface area contributed by atoms with E-state index in [9.17, 15) is 9.59 Å². The quantitative estimate of drug-likeness (QED) is 0.793. The van der Waals surface area contributed by atoms with E-state index in [1.165, 1.54) is 4.90 Å². The van der Waals surface area contributed by atoms with Gasteiger partial charge in [-0.2, -0.15) is 0 Å². The Morgan fingerprint density at radius 1 is 0.850 bits per heavy atom. The zero-order valence-electron chi connectivity index (χ0n) is 12.8. The van der Waals surface area contributed by atoms with Gasteiger partial charge in [0.15, 0.2) is 0 Å². The minimum Gasteiger partial charge on any atom is -0.278 e. The first kappa shape index (κ1) is 14.7. The summed E-state index contributed by atoms with van der Waals surface area (Å²) in [6.07, 6.45) is -0.248. The molecule has 108 valence electrons. The van der Waals surface area contributed by atoms with Gasteiger partial charge < -0.3 is 0 Å². The highest BCUT2D eigenvalue weighted by Crippen LogP contribution is 2.27. The lowest BCUT2D eigenvalue weighted by molar-refractivity contribution is 0.0161. The second-order valence-corrected chi connectivity index (χ2v) is 5.79. The van der Waals surface area contributed by atoms with Gasteiger partial charge in [-0.05, 0) is 46.8 Å². The predicted molar refractivity (Wildman–Crippen MR) is 78.5 cm³/mol. The summed E-state index contributed by atoms with van der Waals surface area (Å²) in [4.78, 5) is 28.5. The summed E-state index contributed by atoms with van der Waals surface area (Å²) in [5.74, 6) is -0.381. The van der Waals surface area contributed by atoms with Crippen molar-refractivity contribution in [2.24, 2.45) is 0 Å². The molecule has 1 atom stereocenters. The second kappa shape index (κ2) is 5.37. The normalized spacial score (nSPS) is 16.5. The molecule has 1 aliphatic heterocycles. The van der Waals surface area contributed by atoms with E-state index in [4.69, 9.17) is 0 Å². The summed E-state index contributed by atoms with van der Waals surface area (Å²) >= 11 is 0. The summed E-state index contributed by atoms with van der Waals surface area (Å²) in [6.45, 7) is 10.2. The Morgan fingerprint density at radius 3 is 1.60 bits per heavy atom. The molecule has 1 aliphatic rings. The molecule has 0 radical (unpaired) electrons. The van der Waals surface area contributed by atoms with Gasteiger partial charge in [-0.1, -0.05) is 12.1 Å². The molecule has 1 heterocycles. The molecule has 1 aromatic rings. The first-order chi connectivity index (χ1) is 9.36. The lowest BCUT2D eigenvalue weighted by Gasteiger charge is -2.39. The Hall–Kier alpha value is -1.68. The van der Waals surface area contributed by atoms with Crippen molar-refractivity contribution in [3.8, 4) is 0 Å². The van der Waals surface area contributed by atoms with E-state index in [1.54, 1.807) is 24.3 Å². The van der Waals surface area contributed by atoms with Gasteiger partial charge in [-0.3, -0.25) is 19.4 Å². The van der Waals surface area contributed by atoms with Crippen LogP contribution in [0.5, 0.6) is 0 Å². The Balaban J connectivity index is 2.36. The van der Waals surface area contributed by atoms with Gasteiger partial charge in [-0.15, -0.1) is 0 Å². The number of hydrogen-bond donors (Lipinski definition) is 0. The maximum Gasteiger partial charge on any atom is 0.262 e. The first-order valence-electron chi connectivity index (χ1n) is 7.10. The van der Waals surface area contributed by atoms with Gasteiger partial charge >= 0.3 is 0 Å². The topological polar surface area (TPSA) is 40.6 Å². The van der Waals surface area contributed by atoms with Crippen molar-refractivity contribution in [2.75, 3.05) is 0 Å². The minimum absolute atomic E-state index is 0.190. The Kier molecular flexibility index (Phi) is 3.95. The van der Waals surface area contributed by atoms with Gasteiger partial charge in [0.1, 0.15) is 0 Å². The first-order valence-corrected chi connectivity index (χ1v) is 7.10. The Morgan fingerprint density at radius 2 is 1.25 bits per heavy atom. The zero-order chi connectivity index (χ0) is 15.0. The van der Waals surface area contributed by atoms with Gasteiger partial charge in [0.2, 0.25) is 0 Å². The molecule has 0 aromatic heterocycles. The molecule has 4 nitrogen and oxygen atoms in total. The molecule has 20 heavy (non-hydrogen) atoms. The highest BCUT2D eigenvalue weighted by atomic mass is 16.2. The Labute approximate surface area is 120 Å². The van der Waals surface area contributed by atoms with Gasteiger partial charge in [0.25, 0.3) is 11.8 Å². The van der Waals surface area contributed by atoms with Crippen LogP contribution < -0.4 is 0 Å². The number of imide groups is 1. The van der Waals surface area contributed by atoms with Crippen molar-refractivity contribution in [3.05, 3.63) is 35.4 Å². The van der Waals surface area contributed by atoms with Crippen molar-refractivity contribution >= 4 is 11.8 Å². The number of amides is 2. The highest BCUT2D eigenvalue weighted by Gasteiger charge is 2.40. The van der Waals surface area contributed by atoms with E-state index in [0.717, 1.165) is 0 Å². The van der Waals surface area contributed by atoms with Crippen molar-refractivity contribution < 1.29 is 9.59 Å². The van der Waals surface area contributed by atoms with Crippen molar-refractivity contribution in [1.82, 2.24) is 9.80 Å². The van der Waals surface area contributed by atoms with Crippen LogP contribution in [0.3, 0.4) is 0 Å². The third kappa shape index (κ3) is 2.24. The molecule has 1 unspecified atom stereocenters. The number of fused-ring (bicyclic) bond motifs is 1. The minimum atomic E-state index is -0.248. The maximum absolute atomic E-state index is 12.5. The van der Waals surface area contributed by atoms with E-state index >= 15 is 0 Å². The van der Waals surface area contributed by atoms with Crippen LogP contribution in [0.1, 0.15) is 55.3 Å². The van der Waals surface area contributed by atoms with E-state index in [0.29, 0.717) is 11.1 Å². The van der Waals surface area contributed by atoms with Crippen LogP contribution in [0, 0.1) is 0 Å². The van der Waals surface area contributed by atoms with Crippen LogP contribution in [0.15, 0.2) is 24.3 Å². The van der Waals surface area contributed by atoms with Crippen LogP contribution in [-0.2, 0) is 0 Å². The largest absolute Gasteiger partial charge is 0.278 e. The fraction of sp³-hybridized carbons (Fsp3) is 0.500. The van der Waals surface area contributed by atoms with Gasteiger partial charge in [0.05, 0.1) is 17.3 Å². The second-order valence-electron chi connectivity index (χ2n) is 5.79. The molecular formula is C16H22N2O2. The van der Waals surface area contributed by atoms with Gasteiger partial charge in [0, 0.05) is 12.1 Å². The maximum atomic E-state index is 12.5. The lowest BCUT2D eigenvalue weighted by atomic mass is 10.1. The van der Waals surface area contributed by atoms with E-state index in [-0.39, 0.29) is 30.1 Å². The summed E-state index contributed by atoms with van der Waals surface area (Å²) < 4.78 is 0. The molecule has 0 bridgehead atoms. The van der Waals surface area contributed by atoms with E-state index < -0.39 is 0 Å². The average molecular weight is 274 g/mol. The van der Waals surface area contributed by atoms with Crippen LogP contribution in [0.4, 0.5) is 0 Å². The van der Waals surface area contributed by atoms with Crippen molar-refractivity contribution in [2.45, 2.75) is 52.9 Å². The Bertz CT molecular complexity index is 494. The summed E-state index contributed by atoms with van der Waals surface area (Å²) in [6, 6.07) is 7.54. The molecule has 4 heteroatoms. The van der Waals surface area contributed by atoms with Crippen molar-refractivity contribution in [3.63, 3.8) is 0 Å². The number of carbonyl (C=O) groups is 2. The molecule has 2 rings (SSSR count). The molecule has 0 fully saturated rings. The average Bonchev–Trinajstić information content (AvgIpc) is 2.61. The number of hydrogen-bond acceptors (Lipinski definition) is 3. The summed E-state index contributed by atoms with van der Waals surface area (Å²) in [5.41, 5.74) is 1.02. The molecule has 0 spiro atoms. The predicted octanol–water partition coefficient (Wildman–Crippen LogP) is 2.75. The smallest absolute Gasteiger partial charge is 0.262 e. The molecule has 0 aliphatic carbocycles. The van der Waals surface area contributed by atoms with Crippen LogP contribution in [0.2, 0.25) is 0 Å².